The summed E-state index contributed by atoms with van der Waals surface area (Å²) in [6.07, 6.45) is -0.700. The zero-order valence-electron chi connectivity index (χ0n) is 9.74. The molecule has 0 spiro atoms. The maximum Gasteiger partial charge on any atom is 0.126 e. The van der Waals surface area contributed by atoms with Crippen LogP contribution in [-0.4, -0.2) is 24.9 Å². The average Bonchev–Trinajstić information content (AvgIpc) is 2.25. The molecule has 0 amide bonds. The van der Waals surface area contributed by atoms with Gasteiger partial charge in [0.1, 0.15) is 11.9 Å². The number of methoxy groups -OCH3 is 1. The minimum Gasteiger partial charge on any atom is -0.496 e. The molecule has 1 unspecified atom stereocenters. The Morgan fingerprint density at radius 1 is 1.38 bits per heavy atom. The van der Waals surface area contributed by atoms with Crippen LogP contribution < -0.4 is 4.74 Å². The molecule has 1 aromatic carbocycles. The van der Waals surface area contributed by atoms with E-state index in [2.05, 4.69) is 0 Å². The summed E-state index contributed by atoms with van der Waals surface area (Å²) in [4.78, 5) is 0. The highest BCUT2D eigenvalue weighted by Crippen LogP contribution is 2.32. The monoisotopic (exact) mass is 244 g/mol. The van der Waals surface area contributed by atoms with Crippen molar-refractivity contribution in [1.29, 1.82) is 0 Å². The van der Waals surface area contributed by atoms with Crippen LogP contribution >= 0.6 is 11.6 Å². The van der Waals surface area contributed by atoms with Crippen molar-refractivity contribution in [3.05, 3.63) is 28.8 Å². The molecule has 0 saturated heterocycles. The van der Waals surface area contributed by atoms with E-state index in [1.165, 1.54) is 0 Å². The number of rotatable bonds is 5. The molecule has 0 aliphatic rings. The van der Waals surface area contributed by atoms with Crippen molar-refractivity contribution in [3.63, 3.8) is 0 Å². The lowest BCUT2D eigenvalue weighted by Gasteiger charge is -2.17. The van der Waals surface area contributed by atoms with Crippen LogP contribution in [0.1, 0.15) is 25.5 Å². The molecule has 1 atom stereocenters. The second-order valence-corrected chi connectivity index (χ2v) is 4.16. The molecular formula is C12H17ClO3. The van der Waals surface area contributed by atoms with Gasteiger partial charge in [0.2, 0.25) is 0 Å². The lowest BCUT2D eigenvalue weighted by Crippen LogP contribution is -2.13. The predicted octanol–water partition coefficient (Wildman–Crippen LogP) is 2.81. The zero-order valence-corrected chi connectivity index (χ0v) is 10.5. The minimum absolute atomic E-state index is 0.0723. The molecule has 3 nitrogen and oxygen atoms in total. The van der Waals surface area contributed by atoms with Crippen LogP contribution in [0.15, 0.2) is 18.2 Å². The van der Waals surface area contributed by atoms with Gasteiger partial charge in [0.25, 0.3) is 0 Å². The third-order valence-corrected chi connectivity index (χ3v) is 2.48. The number of aliphatic hydroxyl groups is 1. The number of halogens is 1. The van der Waals surface area contributed by atoms with E-state index in [1.54, 1.807) is 25.3 Å². The Morgan fingerprint density at radius 2 is 2.06 bits per heavy atom. The van der Waals surface area contributed by atoms with Crippen LogP contribution in [0.4, 0.5) is 0 Å². The van der Waals surface area contributed by atoms with Crippen molar-refractivity contribution in [3.8, 4) is 5.75 Å². The number of ether oxygens (including phenoxy) is 2. The zero-order chi connectivity index (χ0) is 12.1. The van der Waals surface area contributed by atoms with Crippen LogP contribution in [0, 0.1) is 0 Å². The van der Waals surface area contributed by atoms with E-state index < -0.39 is 6.10 Å². The van der Waals surface area contributed by atoms with Crippen molar-refractivity contribution in [2.24, 2.45) is 0 Å². The fourth-order valence-electron chi connectivity index (χ4n) is 1.39. The van der Waals surface area contributed by atoms with E-state index >= 15 is 0 Å². The van der Waals surface area contributed by atoms with Gasteiger partial charge in [-0.1, -0.05) is 17.7 Å². The quantitative estimate of drug-likeness (QED) is 0.866. The molecule has 0 fully saturated rings. The predicted molar refractivity (Wildman–Crippen MR) is 64.1 cm³/mol. The molecule has 1 rings (SSSR count). The Balaban J connectivity index is 2.84. The normalized spacial score (nSPS) is 12.9. The van der Waals surface area contributed by atoms with Gasteiger partial charge in [-0.2, -0.15) is 0 Å². The average molecular weight is 245 g/mol. The van der Waals surface area contributed by atoms with Gasteiger partial charge in [-0.3, -0.25) is 0 Å². The first-order valence-electron chi connectivity index (χ1n) is 5.18. The SMILES string of the molecule is COc1cccc(Cl)c1C(O)COC(C)C. The summed E-state index contributed by atoms with van der Waals surface area (Å²) < 4.78 is 10.5. The lowest BCUT2D eigenvalue weighted by molar-refractivity contribution is 0.00412. The van der Waals surface area contributed by atoms with Crippen LogP contribution in [-0.2, 0) is 4.74 Å². The Morgan fingerprint density at radius 3 is 2.62 bits per heavy atom. The summed E-state index contributed by atoms with van der Waals surface area (Å²) >= 11 is 6.02. The molecule has 16 heavy (non-hydrogen) atoms. The summed E-state index contributed by atoms with van der Waals surface area (Å²) in [6.45, 7) is 4.03. The maximum atomic E-state index is 9.97. The van der Waals surface area contributed by atoms with E-state index in [9.17, 15) is 5.11 Å². The molecule has 0 aromatic heterocycles. The molecule has 0 bridgehead atoms. The van der Waals surface area contributed by atoms with E-state index in [4.69, 9.17) is 21.1 Å². The molecule has 0 radical (unpaired) electrons. The smallest absolute Gasteiger partial charge is 0.126 e. The first kappa shape index (κ1) is 13.3. The van der Waals surface area contributed by atoms with Crippen molar-refractivity contribution in [2.75, 3.05) is 13.7 Å². The number of aliphatic hydroxyl groups excluding tert-OH is 1. The van der Waals surface area contributed by atoms with Gasteiger partial charge in [-0.25, -0.2) is 0 Å². The van der Waals surface area contributed by atoms with Gasteiger partial charge in [-0.05, 0) is 26.0 Å². The van der Waals surface area contributed by atoms with Crippen LogP contribution in [0.3, 0.4) is 0 Å². The topological polar surface area (TPSA) is 38.7 Å². The minimum atomic E-state index is -0.772. The fourth-order valence-corrected chi connectivity index (χ4v) is 1.68. The largest absolute Gasteiger partial charge is 0.496 e. The molecule has 0 heterocycles. The molecule has 90 valence electrons. The van der Waals surface area contributed by atoms with Gasteiger partial charge in [0.15, 0.2) is 0 Å². The second kappa shape index (κ2) is 6.09. The number of hydrogen-bond acceptors (Lipinski definition) is 3. The molecule has 4 heteroatoms. The highest BCUT2D eigenvalue weighted by Gasteiger charge is 2.17. The highest BCUT2D eigenvalue weighted by molar-refractivity contribution is 6.31. The van der Waals surface area contributed by atoms with Gasteiger partial charge in [0, 0.05) is 5.56 Å². The number of hydrogen-bond donors (Lipinski definition) is 1. The molecular weight excluding hydrogens is 228 g/mol. The Labute approximate surface area is 101 Å². The van der Waals surface area contributed by atoms with Crippen molar-refractivity contribution >= 4 is 11.6 Å². The molecule has 1 N–H and O–H groups in total. The van der Waals surface area contributed by atoms with Crippen molar-refractivity contribution in [2.45, 2.75) is 26.1 Å². The summed E-state index contributed by atoms with van der Waals surface area (Å²) in [5, 5.41) is 10.5. The number of benzene rings is 1. The summed E-state index contributed by atoms with van der Waals surface area (Å²) in [7, 11) is 1.55. The molecule has 1 aromatic rings. The lowest BCUT2D eigenvalue weighted by atomic mass is 10.1. The van der Waals surface area contributed by atoms with Crippen LogP contribution in [0.2, 0.25) is 5.02 Å². The van der Waals surface area contributed by atoms with Gasteiger partial charge >= 0.3 is 0 Å². The van der Waals surface area contributed by atoms with E-state index in [0.717, 1.165) is 0 Å². The van der Waals surface area contributed by atoms with E-state index in [-0.39, 0.29) is 12.7 Å². The molecule has 0 aliphatic heterocycles. The maximum absolute atomic E-state index is 9.97. The molecule has 0 saturated carbocycles. The van der Waals surface area contributed by atoms with E-state index in [0.29, 0.717) is 16.3 Å². The first-order chi connectivity index (χ1) is 7.56. The van der Waals surface area contributed by atoms with E-state index in [1.807, 2.05) is 13.8 Å². The van der Waals surface area contributed by atoms with Gasteiger partial charge < -0.3 is 14.6 Å². The second-order valence-electron chi connectivity index (χ2n) is 3.75. The summed E-state index contributed by atoms with van der Waals surface area (Å²) in [6, 6.07) is 5.26. The van der Waals surface area contributed by atoms with Crippen molar-refractivity contribution in [1.82, 2.24) is 0 Å². The van der Waals surface area contributed by atoms with Crippen molar-refractivity contribution < 1.29 is 14.6 Å². The standard InChI is InChI=1S/C12H17ClO3/c1-8(2)16-7-10(14)12-9(13)5-4-6-11(12)15-3/h4-6,8,10,14H,7H2,1-3H3. The Hall–Kier alpha value is -0.770. The first-order valence-corrected chi connectivity index (χ1v) is 5.56. The van der Waals surface area contributed by atoms with Crippen LogP contribution in [0.25, 0.3) is 0 Å². The van der Waals surface area contributed by atoms with Gasteiger partial charge in [0.05, 0.1) is 24.8 Å². The fraction of sp³-hybridized carbons (Fsp3) is 0.500. The summed E-state index contributed by atoms with van der Waals surface area (Å²) in [5.74, 6) is 0.576. The van der Waals surface area contributed by atoms with Gasteiger partial charge in [-0.15, -0.1) is 0 Å². The Kier molecular flexibility index (Phi) is 5.06. The summed E-state index contributed by atoms with van der Waals surface area (Å²) in [5.41, 5.74) is 0.576. The highest BCUT2D eigenvalue weighted by atomic mass is 35.5. The third-order valence-electron chi connectivity index (χ3n) is 2.15. The van der Waals surface area contributed by atoms with Crippen LogP contribution in [0.5, 0.6) is 5.75 Å². The molecule has 0 aliphatic carbocycles. The Bertz CT molecular complexity index is 339. The third kappa shape index (κ3) is 3.37.